The fraction of sp³-hybridized carbons (Fsp3) is 0.280. The van der Waals surface area contributed by atoms with Gasteiger partial charge in [0.05, 0.1) is 11.5 Å². The number of imidazole rings is 1. The summed E-state index contributed by atoms with van der Waals surface area (Å²) in [5.74, 6) is 2.08. The maximum Gasteiger partial charge on any atom is 2.00 e. The molecule has 2 aromatic carbocycles. The fourth-order valence-electron chi connectivity index (χ4n) is 3.08. The molecule has 0 atom stereocenters. The van der Waals surface area contributed by atoms with Crippen molar-refractivity contribution in [2.24, 2.45) is 7.05 Å². The Balaban J connectivity index is 0.000000548. The standard InChI is InChI=1S/C21H18N4O.C4H10O.Pt/c1-15-12-16(2)25(23-15)18-7-5-9-20(14-18)26-19-8-4-6-17(13-19)21-22-10-11-24(21)3;1-3-5-4-2;/h4-12H,1-3H3;3-4H2,1-2H3;/q-2;;+2. The zero-order chi connectivity index (χ0) is 22.2. The molecule has 170 valence electrons. The van der Waals surface area contributed by atoms with Gasteiger partial charge in [0.15, 0.2) is 0 Å². The minimum absolute atomic E-state index is 0. The van der Waals surface area contributed by atoms with Crippen LogP contribution >= 0.6 is 0 Å². The number of benzene rings is 2. The summed E-state index contributed by atoms with van der Waals surface area (Å²) in [6.07, 6.45) is 3.67. The third kappa shape index (κ3) is 6.65. The number of nitrogens with zero attached hydrogens (tertiary/aromatic N) is 4. The molecule has 0 saturated carbocycles. The van der Waals surface area contributed by atoms with Crippen LogP contribution in [0.15, 0.2) is 54.9 Å². The maximum atomic E-state index is 5.98. The van der Waals surface area contributed by atoms with Gasteiger partial charge in [0.25, 0.3) is 0 Å². The second kappa shape index (κ2) is 12.4. The van der Waals surface area contributed by atoms with Crippen molar-refractivity contribution >= 4 is 0 Å². The molecular weight excluding hydrogens is 583 g/mol. The van der Waals surface area contributed by atoms with Gasteiger partial charge < -0.3 is 14.0 Å². The van der Waals surface area contributed by atoms with Crippen LogP contribution in [0.2, 0.25) is 0 Å². The van der Waals surface area contributed by atoms with E-state index < -0.39 is 0 Å². The normalized spacial score (nSPS) is 10.2. The average molecular weight is 612 g/mol. The molecule has 0 fully saturated rings. The Labute approximate surface area is 204 Å². The van der Waals surface area contributed by atoms with Gasteiger partial charge in [-0.25, -0.2) is 0 Å². The van der Waals surface area contributed by atoms with Crippen LogP contribution in [-0.2, 0) is 32.8 Å². The first-order chi connectivity index (χ1) is 15.0. The van der Waals surface area contributed by atoms with Crippen molar-refractivity contribution in [1.82, 2.24) is 19.3 Å². The Bertz CT molecular complexity index is 1120. The number of aryl methyl sites for hydroxylation is 3. The molecule has 4 rings (SSSR count). The van der Waals surface area contributed by atoms with E-state index in [2.05, 4.69) is 22.2 Å². The molecule has 0 bridgehead atoms. The van der Waals surface area contributed by atoms with Crippen molar-refractivity contribution < 1.29 is 30.5 Å². The summed E-state index contributed by atoms with van der Waals surface area (Å²) in [5.41, 5.74) is 3.75. The maximum absolute atomic E-state index is 5.98. The zero-order valence-corrected chi connectivity index (χ0v) is 21.3. The Morgan fingerprint density at radius 1 is 0.969 bits per heavy atom. The summed E-state index contributed by atoms with van der Waals surface area (Å²) in [6.45, 7) is 9.66. The monoisotopic (exact) mass is 611 g/mol. The molecule has 6 nitrogen and oxygen atoms in total. The smallest absolute Gasteiger partial charge is 0.503 e. The van der Waals surface area contributed by atoms with Gasteiger partial charge in [-0.1, -0.05) is 6.07 Å². The predicted molar refractivity (Wildman–Crippen MR) is 122 cm³/mol. The molecule has 0 aliphatic rings. The number of ether oxygens (including phenoxy) is 2. The van der Waals surface area contributed by atoms with Gasteiger partial charge in [0.2, 0.25) is 0 Å². The van der Waals surface area contributed by atoms with Gasteiger partial charge in [-0.2, -0.15) is 11.2 Å². The minimum Gasteiger partial charge on any atom is -0.503 e. The van der Waals surface area contributed by atoms with Gasteiger partial charge in [-0.15, -0.1) is 42.0 Å². The molecule has 0 aliphatic heterocycles. The Morgan fingerprint density at radius 2 is 1.66 bits per heavy atom. The molecule has 0 saturated heterocycles. The predicted octanol–water partition coefficient (Wildman–Crippen LogP) is 5.32. The zero-order valence-electron chi connectivity index (χ0n) is 19.0. The summed E-state index contributed by atoms with van der Waals surface area (Å²) in [4.78, 5) is 4.36. The summed E-state index contributed by atoms with van der Waals surface area (Å²) < 4.78 is 14.6. The topological polar surface area (TPSA) is 54.1 Å². The van der Waals surface area contributed by atoms with E-state index in [-0.39, 0.29) is 21.1 Å². The van der Waals surface area contributed by atoms with Crippen molar-refractivity contribution in [3.63, 3.8) is 0 Å². The van der Waals surface area contributed by atoms with E-state index in [0.29, 0.717) is 11.5 Å². The van der Waals surface area contributed by atoms with Crippen LogP contribution in [0.5, 0.6) is 11.5 Å². The first-order valence-electron chi connectivity index (χ1n) is 10.3. The molecule has 0 N–H and O–H groups in total. The number of hydrogen-bond donors (Lipinski definition) is 0. The van der Waals surface area contributed by atoms with E-state index in [0.717, 1.165) is 41.7 Å². The first kappa shape index (κ1) is 25.6. The molecule has 2 heterocycles. The quantitative estimate of drug-likeness (QED) is 0.277. The summed E-state index contributed by atoms with van der Waals surface area (Å²) in [5, 5.41) is 4.50. The molecule has 4 aromatic rings. The van der Waals surface area contributed by atoms with E-state index in [1.807, 2.05) is 92.7 Å². The van der Waals surface area contributed by atoms with Gasteiger partial charge in [0, 0.05) is 49.8 Å². The van der Waals surface area contributed by atoms with E-state index in [9.17, 15) is 0 Å². The second-order valence-corrected chi connectivity index (χ2v) is 6.91. The van der Waals surface area contributed by atoms with Crippen LogP contribution in [0.4, 0.5) is 0 Å². The van der Waals surface area contributed by atoms with Crippen LogP contribution < -0.4 is 4.74 Å². The van der Waals surface area contributed by atoms with Crippen molar-refractivity contribution in [3.05, 3.63) is 78.4 Å². The summed E-state index contributed by atoms with van der Waals surface area (Å²) >= 11 is 0. The molecule has 0 radical (unpaired) electrons. The summed E-state index contributed by atoms with van der Waals surface area (Å²) in [7, 11) is 1.95. The molecule has 0 unspecified atom stereocenters. The van der Waals surface area contributed by atoms with Crippen molar-refractivity contribution in [3.8, 4) is 28.6 Å². The van der Waals surface area contributed by atoms with E-state index in [1.54, 1.807) is 6.20 Å². The summed E-state index contributed by atoms with van der Waals surface area (Å²) in [6, 6.07) is 20.1. The number of rotatable bonds is 6. The Morgan fingerprint density at radius 3 is 2.22 bits per heavy atom. The fourth-order valence-corrected chi connectivity index (χ4v) is 3.08. The van der Waals surface area contributed by atoms with E-state index in [1.165, 1.54) is 0 Å². The average Bonchev–Trinajstić information content (AvgIpc) is 3.34. The Kier molecular flexibility index (Phi) is 9.88. The van der Waals surface area contributed by atoms with E-state index >= 15 is 0 Å². The molecule has 0 aliphatic carbocycles. The minimum atomic E-state index is 0. The van der Waals surface area contributed by atoms with Crippen molar-refractivity contribution in [1.29, 1.82) is 0 Å². The van der Waals surface area contributed by atoms with Crippen LogP contribution in [-0.4, -0.2) is 32.5 Å². The number of hydrogen-bond acceptors (Lipinski definition) is 4. The number of aromatic nitrogens is 4. The van der Waals surface area contributed by atoms with Gasteiger partial charge in [-0.05, 0) is 39.4 Å². The molecule has 2 aromatic heterocycles. The SMILES string of the molecule is CCOCC.Cc1cc(C)n(-c2[c-]c(Oc3[c-]c(-c4nccn4C)ccc3)ccc2)n1.[Pt+2]. The Hall–Kier alpha value is -2.69. The molecule has 7 heteroatoms. The third-order valence-corrected chi connectivity index (χ3v) is 4.45. The van der Waals surface area contributed by atoms with Crippen LogP contribution in [0, 0.1) is 26.0 Å². The van der Waals surface area contributed by atoms with Crippen LogP contribution in [0.3, 0.4) is 0 Å². The molecule has 0 spiro atoms. The van der Waals surface area contributed by atoms with Gasteiger partial charge in [-0.3, -0.25) is 9.67 Å². The second-order valence-electron chi connectivity index (χ2n) is 6.91. The van der Waals surface area contributed by atoms with Crippen LogP contribution in [0.1, 0.15) is 25.2 Å². The molecular formula is C25H28N4O2Pt. The van der Waals surface area contributed by atoms with Gasteiger partial charge >= 0.3 is 21.1 Å². The molecule has 0 amide bonds. The van der Waals surface area contributed by atoms with E-state index in [4.69, 9.17) is 9.47 Å². The van der Waals surface area contributed by atoms with Crippen molar-refractivity contribution in [2.45, 2.75) is 27.7 Å². The largest absolute Gasteiger partial charge is 2.00 e. The first-order valence-corrected chi connectivity index (χ1v) is 10.3. The van der Waals surface area contributed by atoms with Crippen LogP contribution in [0.25, 0.3) is 17.1 Å². The third-order valence-electron chi connectivity index (χ3n) is 4.45. The van der Waals surface area contributed by atoms with Crippen molar-refractivity contribution in [2.75, 3.05) is 13.2 Å². The van der Waals surface area contributed by atoms with Gasteiger partial charge in [0.1, 0.15) is 0 Å². The molecule has 32 heavy (non-hydrogen) atoms.